The summed E-state index contributed by atoms with van der Waals surface area (Å²) < 4.78 is 10.9. The van der Waals surface area contributed by atoms with E-state index >= 15 is 0 Å². The molecular weight excluding hydrogens is 246 g/mol. The maximum Gasteiger partial charge on any atom is 0.357 e. The largest absolute Gasteiger partial charge is 0.496 e. The Morgan fingerprint density at radius 3 is 2.95 bits per heavy atom. The van der Waals surface area contributed by atoms with E-state index in [0.717, 1.165) is 18.8 Å². The number of fused-ring (bicyclic) bond motifs is 1. The molecule has 0 aromatic rings. The first-order valence-electron chi connectivity index (χ1n) is 6.28. The van der Waals surface area contributed by atoms with Gasteiger partial charge in [-0.2, -0.15) is 0 Å². The number of esters is 1. The van der Waals surface area contributed by atoms with Crippen LogP contribution < -0.4 is 11.5 Å². The first-order valence-corrected chi connectivity index (χ1v) is 6.28. The highest BCUT2D eigenvalue weighted by molar-refractivity contribution is 6.41. The summed E-state index contributed by atoms with van der Waals surface area (Å²) in [5.74, 6) is 0.698. The van der Waals surface area contributed by atoms with Gasteiger partial charge in [-0.05, 0) is 20.8 Å². The monoisotopic (exact) mass is 269 g/mol. The van der Waals surface area contributed by atoms with E-state index in [1.165, 1.54) is 0 Å². The Morgan fingerprint density at radius 2 is 2.26 bits per heavy atom. The van der Waals surface area contributed by atoms with E-state index in [0.29, 0.717) is 18.9 Å². The molecule has 19 heavy (non-hydrogen) atoms. The standard InChI is InChI=1S/C13H20N2O3.H3N/c1-13(2,3)18-12(16)10-6-11-9(8-15-10)7-14-4-5-17-11;/h6,9,14H,4-5,7-8H2,1-3H3;1H3. The third-order valence-corrected chi connectivity index (χ3v) is 2.71. The summed E-state index contributed by atoms with van der Waals surface area (Å²) in [4.78, 5) is 16.2. The summed E-state index contributed by atoms with van der Waals surface area (Å²) in [7, 11) is 0. The van der Waals surface area contributed by atoms with E-state index < -0.39 is 5.60 Å². The molecule has 1 fully saturated rings. The number of rotatable bonds is 1. The van der Waals surface area contributed by atoms with Gasteiger partial charge in [0.25, 0.3) is 0 Å². The zero-order chi connectivity index (χ0) is 13.2. The molecule has 1 saturated heterocycles. The second-order valence-corrected chi connectivity index (χ2v) is 5.52. The number of hydrogen-bond donors (Lipinski definition) is 2. The predicted molar refractivity (Wildman–Crippen MR) is 73.6 cm³/mol. The van der Waals surface area contributed by atoms with E-state index in [1.54, 1.807) is 6.08 Å². The Bertz CT molecular complexity index is 396. The number of nitrogens with zero attached hydrogens (tertiary/aromatic N) is 1. The average molecular weight is 269 g/mol. The van der Waals surface area contributed by atoms with Crippen molar-refractivity contribution >= 4 is 11.7 Å². The molecule has 4 N–H and O–H groups in total. The fourth-order valence-electron chi connectivity index (χ4n) is 1.89. The first-order chi connectivity index (χ1) is 8.46. The highest BCUT2D eigenvalue weighted by atomic mass is 16.6. The lowest BCUT2D eigenvalue weighted by Gasteiger charge is -2.23. The smallest absolute Gasteiger partial charge is 0.357 e. The van der Waals surface area contributed by atoms with Crippen molar-refractivity contribution in [1.82, 2.24) is 11.5 Å². The Kier molecular flexibility index (Phi) is 5.08. The minimum absolute atomic E-state index is 0. The number of hydrogen-bond acceptors (Lipinski definition) is 6. The van der Waals surface area contributed by atoms with Gasteiger partial charge in [-0.15, -0.1) is 0 Å². The van der Waals surface area contributed by atoms with Gasteiger partial charge in [-0.1, -0.05) is 0 Å². The number of ether oxygens (including phenoxy) is 2. The predicted octanol–water partition coefficient (Wildman–Crippen LogP) is 1.06. The lowest BCUT2D eigenvalue weighted by molar-refractivity contribution is -0.146. The topological polar surface area (TPSA) is 94.9 Å². The molecule has 2 aliphatic heterocycles. The van der Waals surface area contributed by atoms with Crippen LogP contribution in [0.4, 0.5) is 0 Å². The Labute approximate surface area is 113 Å². The van der Waals surface area contributed by atoms with Crippen LogP contribution in [0.5, 0.6) is 0 Å². The molecule has 2 aliphatic rings. The minimum atomic E-state index is -0.499. The van der Waals surface area contributed by atoms with Crippen LogP contribution in [0.3, 0.4) is 0 Å². The van der Waals surface area contributed by atoms with Gasteiger partial charge in [0.05, 0.1) is 6.54 Å². The summed E-state index contributed by atoms with van der Waals surface area (Å²) in [6.45, 7) is 8.41. The van der Waals surface area contributed by atoms with Crippen LogP contribution in [0.1, 0.15) is 20.8 Å². The lowest BCUT2D eigenvalue weighted by atomic mass is 10.0. The van der Waals surface area contributed by atoms with Crippen molar-refractivity contribution in [2.45, 2.75) is 26.4 Å². The lowest BCUT2D eigenvalue weighted by Crippen LogP contribution is -2.32. The average Bonchev–Trinajstić information content (AvgIpc) is 2.50. The molecule has 1 atom stereocenters. The molecular formula is C13H23N3O3. The van der Waals surface area contributed by atoms with Crippen LogP contribution in [-0.4, -0.2) is 43.5 Å². The van der Waals surface area contributed by atoms with Crippen LogP contribution in [0, 0.1) is 5.92 Å². The summed E-state index contributed by atoms with van der Waals surface area (Å²) in [5, 5.41) is 3.28. The third-order valence-electron chi connectivity index (χ3n) is 2.71. The molecule has 2 heterocycles. The van der Waals surface area contributed by atoms with Gasteiger partial charge < -0.3 is 20.9 Å². The van der Waals surface area contributed by atoms with Crippen molar-refractivity contribution in [2.75, 3.05) is 26.2 Å². The molecule has 6 heteroatoms. The van der Waals surface area contributed by atoms with Gasteiger partial charge >= 0.3 is 5.97 Å². The molecule has 0 spiro atoms. The molecule has 1 unspecified atom stereocenters. The van der Waals surface area contributed by atoms with Crippen molar-refractivity contribution < 1.29 is 14.3 Å². The van der Waals surface area contributed by atoms with Crippen molar-refractivity contribution in [3.8, 4) is 0 Å². The van der Waals surface area contributed by atoms with Gasteiger partial charge in [0, 0.05) is 25.1 Å². The van der Waals surface area contributed by atoms with Crippen LogP contribution in [0.2, 0.25) is 0 Å². The maximum absolute atomic E-state index is 11.9. The molecule has 0 aromatic heterocycles. The highest BCUT2D eigenvalue weighted by Gasteiger charge is 2.27. The van der Waals surface area contributed by atoms with Gasteiger partial charge in [0.15, 0.2) is 0 Å². The Morgan fingerprint density at radius 1 is 1.53 bits per heavy atom. The van der Waals surface area contributed by atoms with E-state index in [2.05, 4.69) is 10.3 Å². The van der Waals surface area contributed by atoms with Crippen molar-refractivity contribution in [3.05, 3.63) is 11.8 Å². The van der Waals surface area contributed by atoms with Crippen molar-refractivity contribution in [3.63, 3.8) is 0 Å². The molecule has 0 aliphatic carbocycles. The number of carbonyl (C=O) groups is 1. The van der Waals surface area contributed by atoms with Crippen LogP contribution in [-0.2, 0) is 14.3 Å². The third kappa shape index (κ3) is 4.33. The molecule has 2 rings (SSSR count). The number of carbonyl (C=O) groups excluding carboxylic acids is 1. The fraction of sp³-hybridized carbons (Fsp3) is 0.692. The molecule has 0 radical (unpaired) electrons. The highest BCUT2D eigenvalue weighted by Crippen LogP contribution is 2.20. The second-order valence-electron chi connectivity index (χ2n) is 5.52. The SMILES string of the molecule is CC(C)(C)OC(=O)C1=NCC2CNCCOC2=C1.N. The van der Waals surface area contributed by atoms with Gasteiger partial charge in [0.1, 0.15) is 23.7 Å². The number of nitrogens with one attached hydrogen (secondary N) is 1. The summed E-state index contributed by atoms with van der Waals surface area (Å²) >= 11 is 0. The van der Waals surface area contributed by atoms with Gasteiger partial charge in [0.2, 0.25) is 0 Å². The van der Waals surface area contributed by atoms with E-state index in [-0.39, 0.29) is 18.0 Å². The molecule has 0 amide bonds. The van der Waals surface area contributed by atoms with Gasteiger partial charge in [-0.25, -0.2) is 4.79 Å². The Hall–Kier alpha value is -1.40. The fourth-order valence-corrected chi connectivity index (χ4v) is 1.89. The molecule has 0 saturated carbocycles. The summed E-state index contributed by atoms with van der Waals surface area (Å²) in [6, 6.07) is 0. The van der Waals surface area contributed by atoms with Crippen LogP contribution >= 0.6 is 0 Å². The zero-order valence-electron chi connectivity index (χ0n) is 11.9. The summed E-state index contributed by atoms with van der Waals surface area (Å²) in [5.41, 5.74) is -0.140. The van der Waals surface area contributed by atoms with Crippen LogP contribution in [0.15, 0.2) is 16.8 Å². The van der Waals surface area contributed by atoms with Crippen LogP contribution in [0.25, 0.3) is 0 Å². The molecule has 0 bridgehead atoms. The first kappa shape index (κ1) is 15.7. The second kappa shape index (κ2) is 6.16. The Balaban J connectivity index is 0.00000180. The van der Waals surface area contributed by atoms with Gasteiger partial charge in [-0.3, -0.25) is 4.99 Å². The molecule has 0 aromatic carbocycles. The van der Waals surface area contributed by atoms with E-state index in [9.17, 15) is 4.79 Å². The normalized spacial score (nSPS) is 22.8. The number of dihydropyridines is 1. The van der Waals surface area contributed by atoms with E-state index in [1.807, 2.05) is 20.8 Å². The molecule has 108 valence electrons. The summed E-state index contributed by atoms with van der Waals surface area (Å²) in [6.07, 6.45) is 1.72. The maximum atomic E-state index is 11.9. The van der Waals surface area contributed by atoms with Crippen molar-refractivity contribution in [2.24, 2.45) is 10.9 Å². The zero-order valence-corrected chi connectivity index (χ0v) is 11.9. The van der Waals surface area contributed by atoms with Crippen molar-refractivity contribution in [1.29, 1.82) is 0 Å². The van der Waals surface area contributed by atoms with E-state index in [4.69, 9.17) is 9.47 Å². The minimum Gasteiger partial charge on any atom is -0.496 e. The number of aliphatic imine (C=N–C) groups is 1. The molecule has 6 nitrogen and oxygen atoms in total. The quantitative estimate of drug-likeness (QED) is 0.694.